The van der Waals surface area contributed by atoms with Gasteiger partial charge in [-0.1, -0.05) is 42.0 Å². The number of allylic oxidation sites excluding steroid dienone is 2. The van der Waals surface area contributed by atoms with E-state index in [0.29, 0.717) is 16.9 Å². The van der Waals surface area contributed by atoms with Crippen molar-refractivity contribution in [3.05, 3.63) is 47.0 Å². The highest BCUT2D eigenvalue weighted by Crippen LogP contribution is 2.65. The summed E-state index contributed by atoms with van der Waals surface area (Å²) in [5.41, 5.74) is 0.730. The van der Waals surface area contributed by atoms with E-state index in [1.807, 2.05) is 12.1 Å². The van der Waals surface area contributed by atoms with Crippen LogP contribution in [0.5, 0.6) is 0 Å². The summed E-state index contributed by atoms with van der Waals surface area (Å²) in [5, 5.41) is 0.542. The molecule has 0 spiro atoms. The average molecular weight is 386 g/mol. The summed E-state index contributed by atoms with van der Waals surface area (Å²) >= 11 is 6.05. The molecule has 1 aliphatic heterocycles. The molecule has 4 aliphatic carbocycles. The lowest BCUT2D eigenvalue weighted by molar-refractivity contribution is -0.146. The SMILES string of the molecule is O=C(CCN1C(=O)[C@@H]2[C@@H]3C=C[C@H]([C@H]4C[C@H]34)[C@@H]2C1=O)OCc1ccccc1Cl. The van der Waals surface area contributed by atoms with E-state index >= 15 is 0 Å². The number of imide groups is 1. The van der Waals surface area contributed by atoms with Crippen LogP contribution in [0.15, 0.2) is 36.4 Å². The first kappa shape index (κ1) is 17.0. The zero-order chi connectivity index (χ0) is 18.7. The highest BCUT2D eigenvalue weighted by Gasteiger charge is 2.66. The molecule has 2 bridgehead atoms. The van der Waals surface area contributed by atoms with Crippen molar-refractivity contribution in [1.29, 1.82) is 0 Å². The van der Waals surface area contributed by atoms with Crippen molar-refractivity contribution >= 4 is 29.4 Å². The van der Waals surface area contributed by atoms with Crippen LogP contribution in [0.1, 0.15) is 18.4 Å². The van der Waals surface area contributed by atoms with E-state index in [9.17, 15) is 14.4 Å². The van der Waals surface area contributed by atoms with E-state index in [-0.39, 0.29) is 55.1 Å². The molecule has 5 nitrogen and oxygen atoms in total. The molecule has 0 unspecified atom stereocenters. The molecule has 0 aromatic heterocycles. The van der Waals surface area contributed by atoms with Gasteiger partial charge in [0.15, 0.2) is 0 Å². The first-order valence-corrected chi connectivity index (χ1v) is 9.86. The van der Waals surface area contributed by atoms with E-state index < -0.39 is 5.97 Å². The quantitative estimate of drug-likeness (QED) is 0.444. The number of carbonyl (C=O) groups excluding carboxylic acids is 3. The summed E-state index contributed by atoms with van der Waals surface area (Å²) in [6, 6.07) is 7.16. The molecule has 0 N–H and O–H groups in total. The van der Waals surface area contributed by atoms with Gasteiger partial charge in [0.1, 0.15) is 6.61 Å². The fourth-order valence-electron chi connectivity index (χ4n) is 5.29. The molecule has 27 heavy (non-hydrogen) atoms. The fraction of sp³-hybridized carbons (Fsp3) is 0.476. The minimum absolute atomic E-state index is 0.0109. The molecule has 0 radical (unpaired) electrons. The van der Waals surface area contributed by atoms with Crippen molar-refractivity contribution in [1.82, 2.24) is 4.90 Å². The Morgan fingerprint density at radius 1 is 1.07 bits per heavy atom. The summed E-state index contributed by atoms with van der Waals surface area (Å²) in [6.07, 6.45) is 5.44. The van der Waals surface area contributed by atoms with Gasteiger partial charge in [0.2, 0.25) is 11.8 Å². The number of likely N-dealkylation sites (tertiary alicyclic amines) is 1. The van der Waals surface area contributed by atoms with Crippen LogP contribution in [0.2, 0.25) is 5.02 Å². The lowest BCUT2D eigenvalue weighted by atomic mass is 9.63. The third kappa shape index (κ3) is 2.63. The first-order valence-electron chi connectivity index (χ1n) is 9.49. The Balaban J connectivity index is 1.20. The van der Waals surface area contributed by atoms with Gasteiger partial charge in [-0.25, -0.2) is 0 Å². The van der Waals surface area contributed by atoms with Gasteiger partial charge in [-0.15, -0.1) is 0 Å². The molecule has 2 saturated carbocycles. The molecule has 2 amide bonds. The molecule has 1 heterocycles. The maximum atomic E-state index is 12.8. The molecule has 3 fully saturated rings. The standard InChI is InChI=1S/C21H20ClNO4/c22-16-4-2-1-3-11(16)10-27-17(24)7-8-23-20(25)18-12-5-6-13(15-9-14(12)15)19(18)21(23)26/h1-6,12-15,18-19H,7-10H2/t12-,13-,14-,15-,18-,19+/m1/s1. The highest BCUT2D eigenvalue weighted by molar-refractivity contribution is 6.31. The summed E-state index contributed by atoms with van der Waals surface area (Å²) in [6.45, 7) is 0.184. The van der Waals surface area contributed by atoms with E-state index in [1.54, 1.807) is 12.1 Å². The van der Waals surface area contributed by atoms with Crippen molar-refractivity contribution in [3.8, 4) is 0 Å². The number of hydrogen-bond acceptors (Lipinski definition) is 4. The third-order valence-corrected chi connectivity index (χ3v) is 7.01. The van der Waals surface area contributed by atoms with Crippen molar-refractivity contribution in [2.45, 2.75) is 19.4 Å². The number of amides is 2. The number of halogens is 1. The Morgan fingerprint density at radius 3 is 2.33 bits per heavy atom. The summed E-state index contributed by atoms with van der Waals surface area (Å²) in [4.78, 5) is 39.1. The lowest BCUT2D eigenvalue weighted by Gasteiger charge is -2.37. The Kier molecular flexibility index (Phi) is 3.90. The molecule has 140 valence electrons. The number of esters is 1. The summed E-state index contributed by atoms with van der Waals surface area (Å²) < 4.78 is 5.25. The van der Waals surface area contributed by atoms with Gasteiger partial charge < -0.3 is 4.74 Å². The molecular weight excluding hydrogens is 366 g/mol. The molecular formula is C21H20ClNO4. The Bertz CT molecular complexity index is 829. The van der Waals surface area contributed by atoms with Crippen LogP contribution in [0.4, 0.5) is 0 Å². The highest BCUT2D eigenvalue weighted by atomic mass is 35.5. The van der Waals surface area contributed by atoms with Crippen LogP contribution in [0, 0.1) is 35.5 Å². The zero-order valence-corrected chi connectivity index (χ0v) is 15.5. The van der Waals surface area contributed by atoms with E-state index in [4.69, 9.17) is 16.3 Å². The second-order valence-corrected chi connectivity index (χ2v) is 8.39. The van der Waals surface area contributed by atoms with Crippen LogP contribution in [0.3, 0.4) is 0 Å². The number of nitrogens with zero attached hydrogens (tertiary/aromatic N) is 1. The van der Waals surface area contributed by atoms with Crippen molar-refractivity contribution in [3.63, 3.8) is 0 Å². The molecule has 5 aliphatic rings. The van der Waals surface area contributed by atoms with Crippen LogP contribution in [-0.4, -0.2) is 29.2 Å². The maximum absolute atomic E-state index is 12.8. The van der Waals surface area contributed by atoms with E-state index in [1.165, 1.54) is 4.90 Å². The Morgan fingerprint density at radius 2 is 1.70 bits per heavy atom. The van der Waals surface area contributed by atoms with Crippen LogP contribution in [0.25, 0.3) is 0 Å². The lowest BCUT2D eigenvalue weighted by Crippen LogP contribution is -2.40. The van der Waals surface area contributed by atoms with Crippen LogP contribution < -0.4 is 0 Å². The van der Waals surface area contributed by atoms with Gasteiger partial charge in [-0.05, 0) is 36.2 Å². The van der Waals surface area contributed by atoms with Gasteiger partial charge in [0.25, 0.3) is 0 Å². The second-order valence-electron chi connectivity index (χ2n) is 7.98. The number of carbonyl (C=O) groups is 3. The van der Waals surface area contributed by atoms with Gasteiger partial charge in [0, 0.05) is 17.1 Å². The Labute approximate surface area is 162 Å². The van der Waals surface area contributed by atoms with Gasteiger partial charge in [-0.2, -0.15) is 0 Å². The maximum Gasteiger partial charge on any atom is 0.307 e. The summed E-state index contributed by atoms with van der Waals surface area (Å²) in [5.74, 6) is 0.511. The average Bonchev–Trinajstić information content (AvgIpc) is 3.45. The predicted molar refractivity (Wildman–Crippen MR) is 97.3 cm³/mol. The van der Waals surface area contributed by atoms with Crippen LogP contribution in [-0.2, 0) is 25.7 Å². The number of benzene rings is 1. The van der Waals surface area contributed by atoms with Crippen LogP contribution >= 0.6 is 11.6 Å². The first-order chi connectivity index (χ1) is 13.1. The normalized spacial score (nSPS) is 35.2. The number of hydrogen-bond donors (Lipinski definition) is 0. The monoisotopic (exact) mass is 385 g/mol. The minimum Gasteiger partial charge on any atom is -0.461 e. The molecule has 6 atom stereocenters. The van der Waals surface area contributed by atoms with Crippen molar-refractivity contribution < 1.29 is 19.1 Å². The third-order valence-electron chi connectivity index (χ3n) is 6.64. The smallest absolute Gasteiger partial charge is 0.307 e. The van der Waals surface area contributed by atoms with Gasteiger partial charge >= 0.3 is 5.97 Å². The fourth-order valence-corrected chi connectivity index (χ4v) is 5.48. The minimum atomic E-state index is -0.436. The topological polar surface area (TPSA) is 63.7 Å². The molecule has 1 saturated heterocycles. The molecule has 6 heteroatoms. The molecule has 1 aromatic rings. The van der Waals surface area contributed by atoms with Crippen molar-refractivity contribution in [2.24, 2.45) is 35.5 Å². The van der Waals surface area contributed by atoms with Crippen molar-refractivity contribution in [2.75, 3.05) is 6.54 Å². The predicted octanol–water partition coefficient (Wildman–Crippen LogP) is 2.83. The zero-order valence-electron chi connectivity index (χ0n) is 14.7. The van der Waals surface area contributed by atoms with Gasteiger partial charge in [-0.3, -0.25) is 19.3 Å². The largest absolute Gasteiger partial charge is 0.461 e. The number of ether oxygens (including phenoxy) is 1. The summed E-state index contributed by atoms with van der Waals surface area (Å²) in [7, 11) is 0. The number of rotatable bonds is 5. The molecule has 1 aromatic carbocycles. The van der Waals surface area contributed by atoms with E-state index in [2.05, 4.69) is 12.2 Å². The second kappa shape index (κ2) is 6.20. The van der Waals surface area contributed by atoms with E-state index in [0.717, 1.165) is 12.0 Å². The Hall–Kier alpha value is -2.14. The van der Waals surface area contributed by atoms with Gasteiger partial charge in [0.05, 0.1) is 18.3 Å². The molecule has 6 rings (SSSR count).